The van der Waals surface area contributed by atoms with Crippen molar-refractivity contribution in [2.45, 2.75) is 45.9 Å². The molecule has 7 heteroatoms. The molecule has 25 heavy (non-hydrogen) atoms. The van der Waals surface area contributed by atoms with Crippen LogP contribution < -0.4 is 10.1 Å². The maximum atomic E-state index is 12.8. The Morgan fingerprint density at radius 2 is 2.28 bits per heavy atom. The predicted octanol–water partition coefficient (Wildman–Crippen LogP) is 1.88. The van der Waals surface area contributed by atoms with E-state index in [1.54, 1.807) is 6.20 Å². The zero-order chi connectivity index (χ0) is 17.8. The third-order valence-electron chi connectivity index (χ3n) is 4.43. The van der Waals surface area contributed by atoms with E-state index in [-0.39, 0.29) is 18.1 Å². The van der Waals surface area contributed by atoms with E-state index < -0.39 is 0 Å². The SMILES string of the molecule is CCn1nc(C)c(C(=O)N[C@@H]2COCC[C@H]2Oc2ccccn2)c1C. The lowest BCUT2D eigenvalue weighted by atomic mass is 10.1. The van der Waals surface area contributed by atoms with Gasteiger partial charge in [0.05, 0.1) is 30.5 Å². The van der Waals surface area contributed by atoms with Crippen LogP contribution in [0.4, 0.5) is 0 Å². The van der Waals surface area contributed by atoms with E-state index in [1.165, 1.54) is 0 Å². The van der Waals surface area contributed by atoms with Crippen molar-refractivity contribution in [1.29, 1.82) is 0 Å². The molecule has 0 unspecified atom stereocenters. The number of aromatic nitrogens is 3. The van der Waals surface area contributed by atoms with Crippen molar-refractivity contribution in [3.63, 3.8) is 0 Å². The highest BCUT2D eigenvalue weighted by molar-refractivity contribution is 5.96. The Morgan fingerprint density at radius 1 is 1.44 bits per heavy atom. The molecular formula is C18H24N4O3. The molecule has 0 radical (unpaired) electrons. The van der Waals surface area contributed by atoms with Gasteiger partial charge in [0, 0.05) is 30.9 Å². The summed E-state index contributed by atoms with van der Waals surface area (Å²) in [5.74, 6) is 0.416. The fraction of sp³-hybridized carbons (Fsp3) is 0.500. The molecule has 1 aliphatic heterocycles. The van der Waals surface area contributed by atoms with Gasteiger partial charge in [-0.05, 0) is 26.8 Å². The lowest BCUT2D eigenvalue weighted by molar-refractivity contribution is -0.00450. The van der Waals surface area contributed by atoms with Crippen LogP contribution in [0, 0.1) is 13.8 Å². The van der Waals surface area contributed by atoms with E-state index in [4.69, 9.17) is 9.47 Å². The molecule has 3 rings (SSSR count). The summed E-state index contributed by atoms with van der Waals surface area (Å²) in [4.78, 5) is 17.0. The van der Waals surface area contributed by atoms with Gasteiger partial charge in [-0.15, -0.1) is 0 Å². The third kappa shape index (κ3) is 3.82. The minimum atomic E-state index is -0.230. The predicted molar refractivity (Wildman–Crippen MR) is 92.7 cm³/mol. The maximum absolute atomic E-state index is 12.8. The van der Waals surface area contributed by atoms with Gasteiger partial charge in [-0.25, -0.2) is 4.98 Å². The summed E-state index contributed by atoms with van der Waals surface area (Å²) >= 11 is 0. The molecule has 2 aromatic heterocycles. The molecule has 1 aliphatic rings. The second-order valence-corrected chi connectivity index (χ2v) is 6.13. The number of hydrogen-bond acceptors (Lipinski definition) is 5. The lowest BCUT2D eigenvalue weighted by Gasteiger charge is -2.32. The van der Waals surface area contributed by atoms with Crippen LogP contribution in [0.15, 0.2) is 24.4 Å². The number of hydrogen-bond donors (Lipinski definition) is 1. The normalized spacial score (nSPS) is 20.3. The van der Waals surface area contributed by atoms with Crippen LogP contribution >= 0.6 is 0 Å². The van der Waals surface area contributed by atoms with Gasteiger partial charge in [-0.3, -0.25) is 9.48 Å². The van der Waals surface area contributed by atoms with E-state index in [9.17, 15) is 4.79 Å². The van der Waals surface area contributed by atoms with Gasteiger partial charge in [0.2, 0.25) is 5.88 Å². The molecule has 0 bridgehead atoms. The van der Waals surface area contributed by atoms with Gasteiger partial charge >= 0.3 is 0 Å². The Balaban J connectivity index is 1.73. The molecular weight excluding hydrogens is 320 g/mol. The Bertz CT molecular complexity index is 729. The van der Waals surface area contributed by atoms with E-state index in [0.717, 1.165) is 17.9 Å². The van der Waals surface area contributed by atoms with E-state index >= 15 is 0 Å². The first-order valence-electron chi connectivity index (χ1n) is 8.60. The van der Waals surface area contributed by atoms with Crippen LogP contribution in [0.2, 0.25) is 0 Å². The zero-order valence-electron chi connectivity index (χ0n) is 14.9. The fourth-order valence-electron chi connectivity index (χ4n) is 3.14. The minimum absolute atomic E-state index is 0.139. The quantitative estimate of drug-likeness (QED) is 0.896. The van der Waals surface area contributed by atoms with Crippen molar-refractivity contribution in [2.75, 3.05) is 13.2 Å². The fourth-order valence-corrected chi connectivity index (χ4v) is 3.14. The van der Waals surface area contributed by atoms with Crippen LogP contribution in [0.3, 0.4) is 0 Å². The molecule has 7 nitrogen and oxygen atoms in total. The second kappa shape index (κ2) is 7.65. The van der Waals surface area contributed by atoms with Gasteiger partial charge in [0.15, 0.2) is 0 Å². The monoisotopic (exact) mass is 344 g/mol. The number of nitrogens with one attached hydrogen (secondary N) is 1. The van der Waals surface area contributed by atoms with Crippen LogP contribution in [0.25, 0.3) is 0 Å². The van der Waals surface area contributed by atoms with Gasteiger partial charge in [-0.2, -0.15) is 5.10 Å². The number of pyridine rings is 1. The average Bonchev–Trinajstić information content (AvgIpc) is 2.91. The number of carbonyl (C=O) groups is 1. The van der Waals surface area contributed by atoms with E-state index in [2.05, 4.69) is 15.4 Å². The van der Waals surface area contributed by atoms with E-state index in [1.807, 2.05) is 43.7 Å². The Labute approximate surface area is 147 Å². The van der Waals surface area contributed by atoms with Gasteiger partial charge in [0.1, 0.15) is 6.10 Å². The van der Waals surface area contributed by atoms with Crippen LogP contribution in [-0.4, -0.2) is 46.0 Å². The standard InChI is InChI=1S/C18H24N4O3/c1-4-22-13(3)17(12(2)21-22)18(23)20-14-11-24-10-8-15(14)25-16-7-5-6-9-19-16/h5-7,9,14-15H,4,8,10-11H2,1-3H3,(H,20,23)/t14-,15-/m1/s1. The molecule has 1 amide bonds. The van der Waals surface area contributed by atoms with Crippen molar-refractivity contribution in [3.8, 4) is 5.88 Å². The first-order valence-corrected chi connectivity index (χ1v) is 8.60. The van der Waals surface area contributed by atoms with Crippen molar-refractivity contribution >= 4 is 5.91 Å². The highest BCUT2D eigenvalue weighted by Crippen LogP contribution is 2.18. The first kappa shape index (κ1) is 17.4. The van der Waals surface area contributed by atoms with Gasteiger partial charge < -0.3 is 14.8 Å². The highest BCUT2D eigenvalue weighted by Gasteiger charge is 2.31. The third-order valence-corrected chi connectivity index (χ3v) is 4.43. The number of nitrogens with zero attached hydrogens (tertiary/aromatic N) is 3. The largest absolute Gasteiger partial charge is 0.472 e. The van der Waals surface area contributed by atoms with Crippen LogP contribution in [0.1, 0.15) is 35.1 Å². The number of ether oxygens (including phenoxy) is 2. The minimum Gasteiger partial charge on any atom is -0.472 e. The Hall–Kier alpha value is -2.41. The van der Waals surface area contributed by atoms with Gasteiger partial charge in [0.25, 0.3) is 5.91 Å². The summed E-state index contributed by atoms with van der Waals surface area (Å²) in [5.41, 5.74) is 2.23. The molecule has 134 valence electrons. The summed E-state index contributed by atoms with van der Waals surface area (Å²) < 4.78 is 13.3. The number of amides is 1. The number of carbonyl (C=O) groups excluding carboxylic acids is 1. The molecule has 1 saturated heterocycles. The molecule has 0 spiro atoms. The smallest absolute Gasteiger partial charge is 0.255 e. The Morgan fingerprint density at radius 3 is 2.96 bits per heavy atom. The summed E-state index contributed by atoms with van der Waals surface area (Å²) in [6, 6.07) is 5.30. The molecule has 0 saturated carbocycles. The van der Waals surface area contributed by atoms with E-state index in [0.29, 0.717) is 31.1 Å². The van der Waals surface area contributed by atoms with Crippen molar-refractivity contribution in [2.24, 2.45) is 0 Å². The van der Waals surface area contributed by atoms with Crippen molar-refractivity contribution < 1.29 is 14.3 Å². The lowest BCUT2D eigenvalue weighted by Crippen LogP contribution is -2.52. The maximum Gasteiger partial charge on any atom is 0.255 e. The van der Waals surface area contributed by atoms with Crippen molar-refractivity contribution in [1.82, 2.24) is 20.1 Å². The van der Waals surface area contributed by atoms with Gasteiger partial charge in [-0.1, -0.05) is 6.07 Å². The molecule has 0 aliphatic carbocycles. The summed E-state index contributed by atoms with van der Waals surface area (Å²) in [5, 5.41) is 7.47. The topological polar surface area (TPSA) is 78.3 Å². The van der Waals surface area contributed by atoms with Crippen LogP contribution in [-0.2, 0) is 11.3 Å². The molecule has 1 fully saturated rings. The summed E-state index contributed by atoms with van der Waals surface area (Å²) in [7, 11) is 0. The van der Waals surface area contributed by atoms with Crippen LogP contribution in [0.5, 0.6) is 5.88 Å². The zero-order valence-corrected chi connectivity index (χ0v) is 14.9. The molecule has 3 heterocycles. The molecule has 2 aromatic rings. The summed E-state index contributed by atoms with van der Waals surface area (Å²) in [6.07, 6.45) is 2.22. The first-order chi connectivity index (χ1) is 12.1. The summed E-state index contributed by atoms with van der Waals surface area (Å²) in [6.45, 7) is 7.54. The second-order valence-electron chi connectivity index (χ2n) is 6.13. The molecule has 2 atom stereocenters. The van der Waals surface area contributed by atoms with Crippen molar-refractivity contribution in [3.05, 3.63) is 41.3 Å². The highest BCUT2D eigenvalue weighted by atomic mass is 16.5. The molecule has 0 aromatic carbocycles. The molecule has 1 N–H and O–H groups in total. The Kier molecular flexibility index (Phi) is 5.33. The number of aryl methyl sites for hydroxylation is 2. The number of rotatable bonds is 5. The average molecular weight is 344 g/mol.